The van der Waals surface area contributed by atoms with Gasteiger partial charge in [0.15, 0.2) is 11.5 Å². The Kier molecular flexibility index (Phi) is 8.41. The summed E-state index contributed by atoms with van der Waals surface area (Å²) in [4.78, 5) is 28.6. The number of alkyl halides is 3. The van der Waals surface area contributed by atoms with Crippen LogP contribution in [0.5, 0.6) is 23.0 Å². The van der Waals surface area contributed by atoms with Crippen LogP contribution >= 0.6 is 0 Å². The molecule has 212 valence electrons. The van der Waals surface area contributed by atoms with Crippen LogP contribution < -0.4 is 29.2 Å². The van der Waals surface area contributed by atoms with E-state index in [1.165, 1.54) is 45.5 Å². The van der Waals surface area contributed by atoms with Gasteiger partial charge in [-0.05, 0) is 42.3 Å². The smallest absolute Gasteiger partial charge is 0.416 e. The first-order valence-electron chi connectivity index (χ1n) is 12.4. The average Bonchev–Trinajstić information content (AvgIpc) is 2.95. The van der Waals surface area contributed by atoms with Gasteiger partial charge in [0.2, 0.25) is 17.6 Å². The number of nitrogens with one attached hydrogen (secondary N) is 1. The van der Waals surface area contributed by atoms with Crippen LogP contribution in [0.15, 0.2) is 60.7 Å². The maximum atomic E-state index is 13.6. The molecular formula is C29H29F3N2O6. The lowest BCUT2D eigenvalue weighted by Crippen LogP contribution is -2.47. The highest BCUT2D eigenvalue weighted by atomic mass is 19.4. The van der Waals surface area contributed by atoms with Crippen LogP contribution in [0.3, 0.4) is 0 Å². The van der Waals surface area contributed by atoms with Crippen molar-refractivity contribution in [2.24, 2.45) is 5.92 Å². The lowest BCUT2D eigenvalue weighted by atomic mass is 9.83. The number of carbonyl (C=O) groups excluding carboxylic acids is 2. The molecule has 11 heteroatoms. The lowest BCUT2D eigenvalue weighted by Gasteiger charge is -2.41. The van der Waals surface area contributed by atoms with Gasteiger partial charge in [-0.25, -0.2) is 0 Å². The van der Waals surface area contributed by atoms with Crippen molar-refractivity contribution < 1.29 is 41.7 Å². The molecule has 2 amide bonds. The molecule has 3 aromatic carbocycles. The van der Waals surface area contributed by atoms with Gasteiger partial charge >= 0.3 is 6.18 Å². The molecule has 1 N–H and O–H groups in total. The van der Waals surface area contributed by atoms with E-state index in [1.54, 1.807) is 36.4 Å². The predicted octanol–water partition coefficient (Wildman–Crippen LogP) is 5.86. The summed E-state index contributed by atoms with van der Waals surface area (Å²) in [6.07, 6.45) is -4.35. The third kappa shape index (κ3) is 5.78. The number of methoxy groups -OCH3 is 4. The van der Waals surface area contributed by atoms with Gasteiger partial charge < -0.3 is 29.2 Å². The van der Waals surface area contributed by atoms with Crippen LogP contribution in [0, 0.1) is 5.92 Å². The van der Waals surface area contributed by atoms with Crippen LogP contribution in [0.2, 0.25) is 0 Å². The lowest BCUT2D eigenvalue weighted by molar-refractivity contribution is -0.137. The first-order chi connectivity index (χ1) is 19.1. The molecule has 8 nitrogen and oxygen atoms in total. The first-order valence-corrected chi connectivity index (χ1v) is 12.4. The van der Waals surface area contributed by atoms with E-state index < -0.39 is 29.6 Å². The van der Waals surface area contributed by atoms with Crippen LogP contribution in [0.25, 0.3) is 0 Å². The molecule has 1 saturated heterocycles. The van der Waals surface area contributed by atoms with E-state index in [0.717, 1.165) is 12.1 Å². The fourth-order valence-electron chi connectivity index (χ4n) is 4.87. The number of carbonyl (C=O) groups is 2. The molecule has 0 aliphatic carbocycles. The molecular weight excluding hydrogens is 529 g/mol. The largest absolute Gasteiger partial charge is 0.497 e. The molecule has 4 rings (SSSR count). The van der Waals surface area contributed by atoms with Gasteiger partial charge in [0, 0.05) is 24.2 Å². The number of piperidine rings is 1. The summed E-state index contributed by atoms with van der Waals surface area (Å²) in [7, 11) is 5.88. The molecule has 0 aromatic heterocycles. The second-order valence-corrected chi connectivity index (χ2v) is 9.08. The summed E-state index contributed by atoms with van der Waals surface area (Å²) in [5.41, 5.74) is 0.156. The molecule has 40 heavy (non-hydrogen) atoms. The van der Waals surface area contributed by atoms with Crippen molar-refractivity contribution in [1.29, 1.82) is 0 Å². The molecule has 0 bridgehead atoms. The van der Waals surface area contributed by atoms with E-state index in [-0.39, 0.29) is 24.4 Å². The van der Waals surface area contributed by atoms with Gasteiger partial charge in [0.25, 0.3) is 0 Å². The highest BCUT2D eigenvalue weighted by Crippen LogP contribution is 2.46. The maximum Gasteiger partial charge on any atom is 0.416 e. The molecule has 0 radical (unpaired) electrons. The van der Waals surface area contributed by atoms with Crippen molar-refractivity contribution in [1.82, 2.24) is 0 Å². The zero-order chi connectivity index (χ0) is 29.0. The number of ether oxygens (including phenoxy) is 4. The number of hydrogen-bond donors (Lipinski definition) is 1. The summed E-state index contributed by atoms with van der Waals surface area (Å²) in [6, 6.07) is 13.8. The number of halogens is 3. The minimum Gasteiger partial charge on any atom is -0.497 e. The Morgan fingerprint density at radius 3 is 2.10 bits per heavy atom. The van der Waals surface area contributed by atoms with E-state index in [4.69, 9.17) is 18.9 Å². The van der Waals surface area contributed by atoms with E-state index in [0.29, 0.717) is 34.2 Å². The van der Waals surface area contributed by atoms with Crippen LogP contribution in [-0.4, -0.2) is 40.3 Å². The van der Waals surface area contributed by atoms with E-state index in [9.17, 15) is 22.8 Å². The van der Waals surface area contributed by atoms with E-state index in [1.807, 2.05) is 0 Å². The number of rotatable bonds is 8. The number of amides is 2. The van der Waals surface area contributed by atoms with E-state index >= 15 is 0 Å². The zero-order valence-electron chi connectivity index (χ0n) is 22.4. The normalized spacial score (nSPS) is 17.3. The average molecular weight is 559 g/mol. The van der Waals surface area contributed by atoms with E-state index in [2.05, 4.69) is 5.32 Å². The van der Waals surface area contributed by atoms with Gasteiger partial charge in [-0.1, -0.05) is 18.2 Å². The van der Waals surface area contributed by atoms with Gasteiger partial charge in [-0.2, -0.15) is 13.2 Å². The van der Waals surface area contributed by atoms with Gasteiger partial charge in [-0.3, -0.25) is 9.59 Å². The Morgan fingerprint density at radius 2 is 1.55 bits per heavy atom. The topological polar surface area (TPSA) is 86.3 Å². The van der Waals surface area contributed by atoms with Crippen molar-refractivity contribution in [3.63, 3.8) is 0 Å². The Bertz CT molecular complexity index is 1350. The van der Waals surface area contributed by atoms with Crippen LogP contribution in [0.4, 0.5) is 24.5 Å². The van der Waals surface area contributed by atoms with Crippen molar-refractivity contribution in [2.45, 2.75) is 25.1 Å². The predicted molar refractivity (Wildman–Crippen MR) is 142 cm³/mol. The molecule has 1 fully saturated rings. The SMILES string of the molecule is COc1ccc(C2C(C(=O)Nc3cccc(C(F)(F)F)c3)CCC(=O)N2c2cc(OC)c(OC)c(OC)c2)cc1. The first kappa shape index (κ1) is 28.6. The second kappa shape index (κ2) is 11.8. The molecule has 2 unspecified atom stereocenters. The zero-order valence-corrected chi connectivity index (χ0v) is 22.4. The quantitative estimate of drug-likeness (QED) is 0.373. The second-order valence-electron chi connectivity index (χ2n) is 9.08. The summed E-state index contributed by atoms with van der Waals surface area (Å²) in [5.74, 6) is -0.0430. The minimum absolute atomic E-state index is 0.00421. The molecule has 2 atom stereocenters. The summed E-state index contributed by atoms with van der Waals surface area (Å²) >= 11 is 0. The third-order valence-electron chi connectivity index (χ3n) is 6.78. The summed E-state index contributed by atoms with van der Waals surface area (Å²) in [6.45, 7) is 0. The molecule has 1 heterocycles. The van der Waals surface area contributed by atoms with Crippen LogP contribution in [0.1, 0.15) is 30.0 Å². The third-order valence-corrected chi connectivity index (χ3v) is 6.78. The number of hydrogen-bond acceptors (Lipinski definition) is 6. The highest BCUT2D eigenvalue weighted by Gasteiger charge is 2.42. The number of anilines is 2. The summed E-state index contributed by atoms with van der Waals surface area (Å²) in [5, 5.41) is 2.63. The number of benzene rings is 3. The van der Waals surface area contributed by atoms with Crippen molar-refractivity contribution in [3.8, 4) is 23.0 Å². The standard InChI is InChI=1S/C29H29F3N2O6/c1-37-21-10-8-17(9-11-21)26-22(28(36)33-19-7-5-6-18(14-19)29(30,31)32)12-13-25(35)34(26)20-15-23(38-2)27(40-4)24(16-20)39-3/h5-11,14-16,22,26H,12-13H2,1-4H3,(H,33,36). The van der Waals surface area contributed by atoms with Gasteiger partial charge in [0.05, 0.1) is 51.6 Å². The fourth-order valence-corrected chi connectivity index (χ4v) is 4.87. The Hall–Kier alpha value is -4.41. The Labute approximate surface area is 229 Å². The monoisotopic (exact) mass is 558 g/mol. The summed E-state index contributed by atoms with van der Waals surface area (Å²) < 4.78 is 61.4. The highest BCUT2D eigenvalue weighted by molar-refractivity contribution is 6.00. The van der Waals surface area contributed by atoms with Gasteiger partial charge in [0.1, 0.15) is 5.75 Å². The van der Waals surface area contributed by atoms with Crippen molar-refractivity contribution in [3.05, 3.63) is 71.8 Å². The fraction of sp³-hybridized carbons (Fsp3) is 0.310. The molecule has 0 saturated carbocycles. The van der Waals surface area contributed by atoms with Crippen molar-refractivity contribution in [2.75, 3.05) is 38.7 Å². The molecule has 1 aliphatic heterocycles. The van der Waals surface area contributed by atoms with Crippen molar-refractivity contribution >= 4 is 23.2 Å². The molecule has 1 aliphatic rings. The molecule has 3 aromatic rings. The number of nitrogens with zero attached hydrogens (tertiary/aromatic N) is 1. The Morgan fingerprint density at radius 1 is 0.900 bits per heavy atom. The maximum absolute atomic E-state index is 13.6. The molecule has 0 spiro atoms. The Balaban J connectivity index is 1.80. The minimum atomic E-state index is -4.56. The van der Waals surface area contributed by atoms with Gasteiger partial charge in [-0.15, -0.1) is 0 Å². The van der Waals surface area contributed by atoms with Crippen LogP contribution in [-0.2, 0) is 15.8 Å².